The van der Waals surface area contributed by atoms with Crippen LogP contribution in [0.4, 0.5) is 10.1 Å². The number of pyridine rings is 1. The van der Waals surface area contributed by atoms with E-state index >= 15 is 0 Å². The molecule has 1 aromatic carbocycles. The Balaban J connectivity index is 2.21. The minimum absolute atomic E-state index is 0.0879. The standard InChI is InChI=1S/C12H7BrClFN2O/c13-7-1-2-10(9(15)5-7)17-12(18)11-6-8(14)3-4-16-11/h1-6H,(H,17,18). The minimum Gasteiger partial charge on any atom is -0.318 e. The second kappa shape index (κ2) is 5.46. The molecule has 3 nitrogen and oxygen atoms in total. The third kappa shape index (κ3) is 3.05. The Morgan fingerprint density at radius 3 is 2.78 bits per heavy atom. The predicted octanol–water partition coefficient (Wildman–Crippen LogP) is 3.89. The number of nitrogens with zero attached hydrogens (tertiary/aromatic N) is 1. The SMILES string of the molecule is O=C(Nc1ccc(Br)cc1F)c1cc(Cl)ccn1. The zero-order chi connectivity index (χ0) is 13.1. The summed E-state index contributed by atoms with van der Waals surface area (Å²) in [5.74, 6) is -1.04. The van der Waals surface area contributed by atoms with Crippen LogP contribution in [0.15, 0.2) is 41.0 Å². The number of aromatic nitrogens is 1. The fourth-order valence-electron chi connectivity index (χ4n) is 1.31. The van der Waals surface area contributed by atoms with E-state index in [0.717, 1.165) is 0 Å². The summed E-state index contributed by atoms with van der Waals surface area (Å²) in [5.41, 5.74) is 0.217. The summed E-state index contributed by atoms with van der Waals surface area (Å²) in [5, 5.41) is 2.82. The van der Waals surface area contributed by atoms with E-state index in [1.165, 1.54) is 24.4 Å². The number of rotatable bonds is 2. The van der Waals surface area contributed by atoms with E-state index in [-0.39, 0.29) is 11.4 Å². The Hall–Kier alpha value is -1.46. The molecule has 0 fully saturated rings. The molecule has 0 saturated heterocycles. The zero-order valence-electron chi connectivity index (χ0n) is 8.95. The molecule has 0 aliphatic carbocycles. The van der Waals surface area contributed by atoms with Gasteiger partial charge in [0.2, 0.25) is 0 Å². The summed E-state index contributed by atoms with van der Waals surface area (Å²) in [6.45, 7) is 0. The molecule has 6 heteroatoms. The number of carbonyl (C=O) groups is 1. The lowest BCUT2D eigenvalue weighted by molar-refractivity contribution is 0.102. The molecule has 18 heavy (non-hydrogen) atoms. The van der Waals surface area contributed by atoms with Gasteiger partial charge in [0.15, 0.2) is 0 Å². The van der Waals surface area contributed by atoms with Gasteiger partial charge in [0, 0.05) is 15.7 Å². The third-order valence-corrected chi connectivity index (χ3v) is 2.86. The molecule has 1 heterocycles. The van der Waals surface area contributed by atoms with Crippen molar-refractivity contribution >= 4 is 39.1 Å². The van der Waals surface area contributed by atoms with Gasteiger partial charge in [-0.05, 0) is 30.3 Å². The van der Waals surface area contributed by atoms with Crippen LogP contribution in [-0.4, -0.2) is 10.9 Å². The maximum atomic E-state index is 13.5. The Kier molecular flexibility index (Phi) is 3.93. The van der Waals surface area contributed by atoms with Gasteiger partial charge >= 0.3 is 0 Å². The minimum atomic E-state index is -0.528. The van der Waals surface area contributed by atoms with Crippen LogP contribution in [0.1, 0.15) is 10.5 Å². The van der Waals surface area contributed by atoms with Gasteiger partial charge in [-0.15, -0.1) is 0 Å². The first-order valence-corrected chi connectivity index (χ1v) is 6.11. The normalized spacial score (nSPS) is 10.2. The van der Waals surface area contributed by atoms with Crippen LogP contribution in [-0.2, 0) is 0 Å². The van der Waals surface area contributed by atoms with Gasteiger partial charge in [-0.2, -0.15) is 0 Å². The number of hydrogen-bond donors (Lipinski definition) is 1. The zero-order valence-corrected chi connectivity index (χ0v) is 11.3. The lowest BCUT2D eigenvalue weighted by Crippen LogP contribution is -2.14. The molecule has 0 bridgehead atoms. The van der Waals surface area contributed by atoms with Crippen molar-refractivity contribution in [2.75, 3.05) is 5.32 Å². The largest absolute Gasteiger partial charge is 0.318 e. The Labute approximate surface area is 116 Å². The summed E-state index contributed by atoms with van der Waals surface area (Å²) < 4.78 is 14.1. The van der Waals surface area contributed by atoms with E-state index in [1.807, 2.05) is 0 Å². The first-order chi connectivity index (χ1) is 8.56. The van der Waals surface area contributed by atoms with Crippen molar-refractivity contribution in [3.63, 3.8) is 0 Å². The molecule has 1 N–H and O–H groups in total. The second-order valence-corrected chi connectivity index (χ2v) is 4.79. The summed E-state index contributed by atoms with van der Waals surface area (Å²) in [6, 6.07) is 7.32. The molecule has 2 rings (SSSR count). The number of carbonyl (C=O) groups excluding carboxylic acids is 1. The van der Waals surface area contributed by atoms with Gasteiger partial charge in [-0.25, -0.2) is 4.39 Å². The van der Waals surface area contributed by atoms with E-state index in [1.54, 1.807) is 12.1 Å². The predicted molar refractivity (Wildman–Crippen MR) is 71.3 cm³/mol. The van der Waals surface area contributed by atoms with E-state index < -0.39 is 11.7 Å². The van der Waals surface area contributed by atoms with Crippen molar-refractivity contribution in [3.05, 3.63) is 57.5 Å². The van der Waals surface area contributed by atoms with Crippen molar-refractivity contribution in [3.8, 4) is 0 Å². The van der Waals surface area contributed by atoms with Crippen LogP contribution >= 0.6 is 27.5 Å². The molecular weight excluding hydrogens is 322 g/mol. The van der Waals surface area contributed by atoms with E-state index in [2.05, 4.69) is 26.2 Å². The van der Waals surface area contributed by atoms with Crippen molar-refractivity contribution in [2.45, 2.75) is 0 Å². The highest BCUT2D eigenvalue weighted by Gasteiger charge is 2.11. The molecule has 0 unspecified atom stereocenters. The van der Waals surface area contributed by atoms with Crippen molar-refractivity contribution in [2.24, 2.45) is 0 Å². The Morgan fingerprint density at radius 2 is 2.11 bits per heavy atom. The number of amides is 1. The van der Waals surface area contributed by atoms with Crippen LogP contribution in [0.25, 0.3) is 0 Å². The summed E-state index contributed by atoms with van der Waals surface area (Å²) in [4.78, 5) is 15.6. The third-order valence-electron chi connectivity index (χ3n) is 2.13. The van der Waals surface area contributed by atoms with Crippen LogP contribution in [0.3, 0.4) is 0 Å². The lowest BCUT2D eigenvalue weighted by atomic mass is 10.3. The van der Waals surface area contributed by atoms with Crippen LogP contribution < -0.4 is 5.32 Å². The summed E-state index contributed by atoms with van der Waals surface area (Å²) >= 11 is 8.88. The van der Waals surface area contributed by atoms with Crippen LogP contribution in [0, 0.1) is 5.82 Å². The van der Waals surface area contributed by atoms with Gasteiger partial charge in [-0.3, -0.25) is 9.78 Å². The number of halogens is 3. The molecule has 1 amide bonds. The van der Waals surface area contributed by atoms with Gasteiger partial charge in [0.25, 0.3) is 5.91 Å². The Bertz CT molecular complexity index is 606. The second-order valence-electron chi connectivity index (χ2n) is 3.44. The molecule has 2 aromatic rings. The molecule has 0 saturated carbocycles. The number of anilines is 1. The van der Waals surface area contributed by atoms with E-state index in [9.17, 15) is 9.18 Å². The van der Waals surface area contributed by atoms with E-state index in [0.29, 0.717) is 9.50 Å². The van der Waals surface area contributed by atoms with Gasteiger partial charge in [0.1, 0.15) is 11.5 Å². The van der Waals surface area contributed by atoms with Gasteiger partial charge < -0.3 is 5.32 Å². The molecule has 92 valence electrons. The van der Waals surface area contributed by atoms with Crippen LogP contribution in [0.5, 0.6) is 0 Å². The molecule has 0 radical (unpaired) electrons. The quantitative estimate of drug-likeness (QED) is 0.908. The molecule has 1 aromatic heterocycles. The smallest absolute Gasteiger partial charge is 0.274 e. The maximum Gasteiger partial charge on any atom is 0.274 e. The lowest BCUT2D eigenvalue weighted by Gasteiger charge is -2.06. The first kappa shape index (κ1) is 13.0. The summed E-state index contributed by atoms with van der Waals surface area (Å²) in [7, 11) is 0. The highest BCUT2D eigenvalue weighted by molar-refractivity contribution is 9.10. The number of nitrogens with one attached hydrogen (secondary N) is 1. The Morgan fingerprint density at radius 1 is 1.33 bits per heavy atom. The topological polar surface area (TPSA) is 42.0 Å². The molecular formula is C12H7BrClFN2O. The average molecular weight is 330 g/mol. The molecule has 0 atom stereocenters. The first-order valence-electron chi connectivity index (χ1n) is 4.94. The van der Waals surface area contributed by atoms with Crippen molar-refractivity contribution in [1.29, 1.82) is 0 Å². The van der Waals surface area contributed by atoms with Crippen molar-refractivity contribution < 1.29 is 9.18 Å². The fourth-order valence-corrected chi connectivity index (χ4v) is 1.80. The summed E-state index contributed by atoms with van der Waals surface area (Å²) in [6.07, 6.45) is 1.41. The van der Waals surface area contributed by atoms with Crippen molar-refractivity contribution in [1.82, 2.24) is 4.98 Å². The number of hydrogen-bond acceptors (Lipinski definition) is 2. The number of benzene rings is 1. The average Bonchev–Trinajstić information content (AvgIpc) is 2.32. The monoisotopic (exact) mass is 328 g/mol. The maximum absolute atomic E-state index is 13.5. The highest BCUT2D eigenvalue weighted by atomic mass is 79.9. The van der Waals surface area contributed by atoms with Gasteiger partial charge in [0.05, 0.1) is 5.69 Å². The van der Waals surface area contributed by atoms with E-state index in [4.69, 9.17) is 11.6 Å². The molecule has 0 spiro atoms. The molecule has 0 aliphatic rings. The fraction of sp³-hybridized carbons (Fsp3) is 0. The van der Waals surface area contributed by atoms with Gasteiger partial charge in [-0.1, -0.05) is 27.5 Å². The molecule has 0 aliphatic heterocycles. The van der Waals surface area contributed by atoms with Crippen LogP contribution in [0.2, 0.25) is 5.02 Å². The highest BCUT2D eigenvalue weighted by Crippen LogP contribution is 2.20.